The number of allylic oxidation sites excluding steroid dienone is 3. The van der Waals surface area contributed by atoms with E-state index in [9.17, 15) is 9.90 Å². The highest BCUT2D eigenvalue weighted by molar-refractivity contribution is 9.10. The van der Waals surface area contributed by atoms with Crippen molar-refractivity contribution >= 4 is 21.8 Å². The largest absolute Gasteiger partial charge is 0.383 e. The first kappa shape index (κ1) is 16.7. The molecular formula is C16H20BrNO2. The van der Waals surface area contributed by atoms with Crippen molar-refractivity contribution in [2.45, 2.75) is 25.9 Å². The van der Waals surface area contributed by atoms with Gasteiger partial charge in [0.2, 0.25) is 5.91 Å². The molecule has 0 aliphatic carbocycles. The zero-order chi connectivity index (χ0) is 15.0. The van der Waals surface area contributed by atoms with Crippen LogP contribution in [-0.2, 0) is 10.4 Å². The number of hydrogen-bond donors (Lipinski definition) is 2. The second kappa shape index (κ2) is 8.02. The minimum absolute atomic E-state index is 0.185. The van der Waals surface area contributed by atoms with E-state index in [4.69, 9.17) is 0 Å². The van der Waals surface area contributed by atoms with Crippen LogP contribution < -0.4 is 5.32 Å². The molecule has 0 bridgehead atoms. The van der Waals surface area contributed by atoms with Gasteiger partial charge >= 0.3 is 0 Å². The molecule has 3 nitrogen and oxygen atoms in total. The molecule has 0 aliphatic heterocycles. The highest BCUT2D eigenvalue weighted by Gasteiger charge is 2.27. The van der Waals surface area contributed by atoms with Crippen molar-refractivity contribution < 1.29 is 9.90 Å². The van der Waals surface area contributed by atoms with Gasteiger partial charge in [0.05, 0.1) is 6.54 Å². The Morgan fingerprint density at radius 2 is 2.00 bits per heavy atom. The maximum absolute atomic E-state index is 11.6. The van der Waals surface area contributed by atoms with E-state index in [1.165, 1.54) is 6.08 Å². The predicted molar refractivity (Wildman–Crippen MR) is 85.3 cm³/mol. The van der Waals surface area contributed by atoms with Crippen LogP contribution in [0.15, 0.2) is 53.0 Å². The molecule has 4 heteroatoms. The van der Waals surface area contributed by atoms with Crippen molar-refractivity contribution in [3.8, 4) is 0 Å². The molecule has 1 aromatic carbocycles. The molecule has 1 aromatic rings. The van der Waals surface area contributed by atoms with E-state index in [0.29, 0.717) is 6.42 Å². The normalized spacial score (nSPS) is 14.6. The Balaban J connectivity index is 2.70. The van der Waals surface area contributed by atoms with E-state index in [0.717, 1.165) is 10.0 Å². The third-order valence-electron chi connectivity index (χ3n) is 3.07. The standard InChI is InChI=1S/C16H20BrNO2/c1-3-5-6-7-15(19)18-12-16(20,4-2)13-8-10-14(17)11-9-13/h3,5-11,20H,4,12H2,1-2H3,(H,18,19)/b5-3?,7-6+. The lowest BCUT2D eigenvalue weighted by Gasteiger charge is -2.27. The average Bonchev–Trinajstić information content (AvgIpc) is 2.46. The van der Waals surface area contributed by atoms with E-state index in [-0.39, 0.29) is 12.5 Å². The van der Waals surface area contributed by atoms with Gasteiger partial charge in [0, 0.05) is 10.5 Å². The molecule has 0 heterocycles. The Bertz CT molecular complexity index is 494. The summed E-state index contributed by atoms with van der Waals surface area (Å²) < 4.78 is 0.957. The number of nitrogens with one attached hydrogen (secondary N) is 1. The third kappa shape index (κ3) is 4.94. The van der Waals surface area contributed by atoms with E-state index in [1.807, 2.05) is 44.2 Å². The summed E-state index contributed by atoms with van der Waals surface area (Å²) in [5.74, 6) is -0.216. The molecule has 0 fully saturated rings. The second-order valence-electron chi connectivity index (χ2n) is 4.49. The predicted octanol–water partition coefficient (Wildman–Crippen LogP) is 3.30. The fraction of sp³-hybridized carbons (Fsp3) is 0.312. The smallest absolute Gasteiger partial charge is 0.244 e. The number of rotatable bonds is 6. The van der Waals surface area contributed by atoms with Crippen molar-refractivity contribution in [1.29, 1.82) is 0 Å². The Hall–Kier alpha value is -1.39. The Labute approximate surface area is 128 Å². The summed E-state index contributed by atoms with van der Waals surface area (Å²) in [7, 11) is 0. The summed E-state index contributed by atoms with van der Waals surface area (Å²) in [6.45, 7) is 3.96. The SMILES string of the molecule is CC=C/C=C/C(=O)NCC(O)(CC)c1ccc(Br)cc1. The lowest BCUT2D eigenvalue weighted by molar-refractivity contribution is -0.117. The van der Waals surface area contributed by atoms with Gasteiger partial charge < -0.3 is 10.4 Å². The molecule has 0 aliphatic rings. The second-order valence-corrected chi connectivity index (χ2v) is 5.41. The van der Waals surface area contributed by atoms with Crippen LogP contribution in [0.2, 0.25) is 0 Å². The van der Waals surface area contributed by atoms with Crippen LogP contribution in [0.1, 0.15) is 25.8 Å². The summed E-state index contributed by atoms with van der Waals surface area (Å²) in [6, 6.07) is 7.47. The molecule has 0 saturated heterocycles. The highest BCUT2D eigenvalue weighted by atomic mass is 79.9. The molecule has 0 spiro atoms. The maximum Gasteiger partial charge on any atom is 0.244 e. The van der Waals surface area contributed by atoms with Gasteiger partial charge in [0.1, 0.15) is 5.60 Å². The highest BCUT2D eigenvalue weighted by Crippen LogP contribution is 2.25. The molecular weight excluding hydrogens is 318 g/mol. The number of amides is 1. The average molecular weight is 338 g/mol. The zero-order valence-electron chi connectivity index (χ0n) is 11.8. The summed E-state index contributed by atoms with van der Waals surface area (Å²) >= 11 is 3.36. The van der Waals surface area contributed by atoms with Crippen molar-refractivity contribution in [2.75, 3.05) is 6.54 Å². The van der Waals surface area contributed by atoms with Crippen LogP contribution in [0.5, 0.6) is 0 Å². The lowest BCUT2D eigenvalue weighted by atomic mass is 9.91. The summed E-state index contributed by atoms with van der Waals surface area (Å²) in [6.07, 6.45) is 7.25. The van der Waals surface area contributed by atoms with Gasteiger partial charge in [-0.1, -0.05) is 53.2 Å². The van der Waals surface area contributed by atoms with Crippen molar-refractivity contribution in [3.05, 3.63) is 58.6 Å². The van der Waals surface area contributed by atoms with Crippen LogP contribution in [0.3, 0.4) is 0 Å². The molecule has 0 aromatic heterocycles. The van der Waals surface area contributed by atoms with E-state index >= 15 is 0 Å². The fourth-order valence-corrected chi connectivity index (χ4v) is 2.00. The molecule has 1 amide bonds. The first-order chi connectivity index (χ1) is 9.51. The first-order valence-corrected chi connectivity index (χ1v) is 7.36. The number of benzene rings is 1. The third-order valence-corrected chi connectivity index (χ3v) is 3.60. The minimum Gasteiger partial charge on any atom is -0.383 e. The quantitative estimate of drug-likeness (QED) is 0.618. The summed E-state index contributed by atoms with van der Waals surface area (Å²) in [4.78, 5) is 11.6. The van der Waals surface area contributed by atoms with Gasteiger partial charge in [-0.2, -0.15) is 0 Å². The van der Waals surface area contributed by atoms with E-state index < -0.39 is 5.60 Å². The van der Waals surface area contributed by atoms with Gasteiger partial charge in [-0.25, -0.2) is 0 Å². The molecule has 0 radical (unpaired) electrons. The van der Waals surface area contributed by atoms with Gasteiger partial charge in [0.25, 0.3) is 0 Å². The van der Waals surface area contributed by atoms with Crippen molar-refractivity contribution in [1.82, 2.24) is 5.32 Å². The van der Waals surface area contributed by atoms with Crippen LogP contribution >= 0.6 is 15.9 Å². The molecule has 1 rings (SSSR count). The Morgan fingerprint density at radius 1 is 1.35 bits per heavy atom. The minimum atomic E-state index is -1.05. The monoisotopic (exact) mass is 337 g/mol. The number of halogens is 1. The van der Waals surface area contributed by atoms with E-state index in [2.05, 4.69) is 21.2 Å². The molecule has 108 valence electrons. The molecule has 0 saturated carbocycles. The van der Waals surface area contributed by atoms with Gasteiger partial charge in [-0.15, -0.1) is 0 Å². The molecule has 20 heavy (non-hydrogen) atoms. The van der Waals surface area contributed by atoms with Gasteiger partial charge in [-0.3, -0.25) is 4.79 Å². The zero-order valence-corrected chi connectivity index (χ0v) is 13.4. The molecule has 2 N–H and O–H groups in total. The number of aliphatic hydroxyl groups is 1. The summed E-state index contributed by atoms with van der Waals surface area (Å²) in [5.41, 5.74) is -0.258. The molecule has 1 atom stereocenters. The van der Waals surface area contributed by atoms with Crippen LogP contribution in [0, 0.1) is 0 Å². The van der Waals surface area contributed by atoms with Crippen LogP contribution in [-0.4, -0.2) is 17.6 Å². The number of hydrogen-bond acceptors (Lipinski definition) is 2. The van der Waals surface area contributed by atoms with Crippen LogP contribution in [0.4, 0.5) is 0 Å². The first-order valence-electron chi connectivity index (χ1n) is 6.57. The lowest BCUT2D eigenvalue weighted by Crippen LogP contribution is -2.39. The topological polar surface area (TPSA) is 49.3 Å². The summed E-state index contributed by atoms with van der Waals surface area (Å²) in [5, 5.41) is 13.4. The number of carbonyl (C=O) groups excluding carboxylic acids is 1. The van der Waals surface area contributed by atoms with Crippen molar-refractivity contribution in [3.63, 3.8) is 0 Å². The maximum atomic E-state index is 11.6. The number of carbonyl (C=O) groups is 1. The van der Waals surface area contributed by atoms with Crippen LogP contribution in [0.25, 0.3) is 0 Å². The van der Waals surface area contributed by atoms with Gasteiger partial charge in [-0.05, 0) is 31.0 Å². The Morgan fingerprint density at radius 3 is 2.55 bits per heavy atom. The van der Waals surface area contributed by atoms with E-state index in [1.54, 1.807) is 12.2 Å². The molecule has 1 unspecified atom stereocenters. The van der Waals surface area contributed by atoms with Crippen molar-refractivity contribution in [2.24, 2.45) is 0 Å². The van der Waals surface area contributed by atoms with Gasteiger partial charge in [0.15, 0.2) is 0 Å². The fourth-order valence-electron chi connectivity index (χ4n) is 1.74. The Kier molecular flexibility index (Phi) is 6.68.